The first-order valence-corrected chi connectivity index (χ1v) is 7.91. The summed E-state index contributed by atoms with van der Waals surface area (Å²) in [6.45, 7) is 9.89. The quantitative estimate of drug-likeness (QED) is 0.736. The third kappa shape index (κ3) is 3.20. The molecule has 1 aromatic rings. The Labute approximate surface area is 132 Å². The number of aliphatic hydroxyl groups is 1. The second-order valence-electron chi connectivity index (χ2n) is 6.44. The Morgan fingerprint density at radius 3 is 2.36 bits per heavy atom. The summed E-state index contributed by atoms with van der Waals surface area (Å²) in [6.07, 6.45) is 3.81. The van der Waals surface area contributed by atoms with Crippen molar-refractivity contribution < 1.29 is 15.3 Å². The zero-order valence-electron chi connectivity index (χ0n) is 13.6. The molecule has 0 radical (unpaired) electrons. The molecule has 3 N–H and O–H groups in total. The maximum Gasteiger partial charge on any atom is 0.123 e. The first kappa shape index (κ1) is 16.6. The van der Waals surface area contributed by atoms with Gasteiger partial charge in [0.1, 0.15) is 11.5 Å². The van der Waals surface area contributed by atoms with E-state index in [1.165, 1.54) is 0 Å². The lowest BCUT2D eigenvalue weighted by atomic mass is 9.72. The fourth-order valence-electron chi connectivity index (χ4n) is 3.33. The van der Waals surface area contributed by atoms with Crippen LogP contribution in [-0.2, 0) is 6.42 Å². The Morgan fingerprint density at radius 2 is 1.86 bits per heavy atom. The summed E-state index contributed by atoms with van der Waals surface area (Å²) < 4.78 is 0. The fourth-order valence-corrected chi connectivity index (χ4v) is 3.33. The zero-order chi connectivity index (χ0) is 16.4. The predicted octanol–water partition coefficient (Wildman–Crippen LogP) is 4.04. The van der Waals surface area contributed by atoms with Gasteiger partial charge in [0.2, 0.25) is 0 Å². The van der Waals surface area contributed by atoms with Gasteiger partial charge in [-0.2, -0.15) is 0 Å². The maximum absolute atomic E-state index is 10.4. The summed E-state index contributed by atoms with van der Waals surface area (Å²) in [5.74, 6) is 0.101. The van der Waals surface area contributed by atoms with Crippen LogP contribution in [-0.4, -0.2) is 21.4 Å². The zero-order valence-corrected chi connectivity index (χ0v) is 13.6. The summed E-state index contributed by atoms with van der Waals surface area (Å²) in [5.41, 5.74) is 3.30. The fraction of sp³-hybridized carbons (Fsp3) is 0.474. The summed E-state index contributed by atoms with van der Waals surface area (Å²) in [7, 11) is 0. The van der Waals surface area contributed by atoms with Crippen LogP contribution >= 0.6 is 0 Å². The largest absolute Gasteiger partial charge is 0.507 e. The summed E-state index contributed by atoms with van der Waals surface area (Å²) in [5, 5.41) is 30.9. The summed E-state index contributed by atoms with van der Waals surface area (Å²) in [4.78, 5) is 0. The van der Waals surface area contributed by atoms with Crippen LogP contribution in [0.25, 0.3) is 0 Å². The first-order chi connectivity index (χ1) is 10.3. The van der Waals surface area contributed by atoms with E-state index in [1.54, 1.807) is 12.1 Å². The van der Waals surface area contributed by atoms with Gasteiger partial charge in [0.15, 0.2) is 0 Å². The minimum Gasteiger partial charge on any atom is -0.507 e. The van der Waals surface area contributed by atoms with Crippen molar-refractivity contribution in [2.75, 3.05) is 0 Å². The van der Waals surface area contributed by atoms with Crippen LogP contribution in [0.2, 0.25) is 0 Å². The highest BCUT2D eigenvalue weighted by atomic mass is 16.3. The van der Waals surface area contributed by atoms with Crippen LogP contribution < -0.4 is 0 Å². The summed E-state index contributed by atoms with van der Waals surface area (Å²) >= 11 is 0. The molecular formula is C19H26O3. The van der Waals surface area contributed by atoms with Crippen molar-refractivity contribution >= 4 is 0 Å². The van der Waals surface area contributed by atoms with Gasteiger partial charge in [-0.05, 0) is 55.9 Å². The molecule has 0 amide bonds. The highest BCUT2D eigenvalue weighted by molar-refractivity contribution is 5.52. The molecule has 1 aliphatic carbocycles. The summed E-state index contributed by atoms with van der Waals surface area (Å²) in [6, 6.07) is 3.48. The van der Waals surface area contributed by atoms with Crippen molar-refractivity contribution in [1.29, 1.82) is 0 Å². The lowest BCUT2D eigenvalue weighted by Gasteiger charge is -2.34. The standard InChI is InChI=1S/C19H26O3/c1-5-6-13-8-17(21)19(18(22)9-13)15-7-12(4)16(20)10-14(15)11(2)3/h7-9,14-16,20-22H,2,5-6,10H2,1,3-4H3/t14-,15+,16-/m0/s1. The molecule has 1 aromatic carbocycles. The maximum atomic E-state index is 10.4. The SMILES string of the molecule is C=C(C)[C@@H]1C[C@H](O)C(C)=C[C@H]1c1c(O)cc(CCC)cc1O. The van der Waals surface area contributed by atoms with Crippen LogP contribution in [0.1, 0.15) is 50.7 Å². The van der Waals surface area contributed by atoms with E-state index in [2.05, 4.69) is 13.5 Å². The Bertz CT molecular complexity index is 578. The lowest BCUT2D eigenvalue weighted by Crippen LogP contribution is -2.26. The molecule has 0 aromatic heterocycles. The molecule has 3 nitrogen and oxygen atoms in total. The molecule has 0 saturated heterocycles. The number of aryl methyl sites for hydroxylation is 1. The van der Waals surface area contributed by atoms with Gasteiger partial charge >= 0.3 is 0 Å². The molecule has 1 aliphatic rings. The molecule has 22 heavy (non-hydrogen) atoms. The van der Waals surface area contributed by atoms with Crippen molar-refractivity contribution in [2.45, 2.75) is 52.1 Å². The molecule has 0 bridgehead atoms. The van der Waals surface area contributed by atoms with Crippen molar-refractivity contribution in [3.05, 3.63) is 47.1 Å². The van der Waals surface area contributed by atoms with Gasteiger partial charge in [0.25, 0.3) is 0 Å². The Morgan fingerprint density at radius 1 is 1.27 bits per heavy atom. The van der Waals surface area contributed by atoms with Gasteiger partial charge in [-0.3, -0.25) is 0 Å². The van der Waals surface area contributed by atoms with Crippen LogP contribution in [0.15, 0.2) is 35.9 Å². The van der Waals surface area contributed by atoms with Crippen LogP contribution in [0, 0.1) is 5.92 Å². The van der Waals surface area contributed by atoms with E-state index in [9.17, 15) is 15.3 Å². The van der Waals surface area contributed by atoms with Crippen LogP contribution in [0.4, 0.5) is 0 Å². The molecule has 0 fully saturated rings. The lowest BCUT2D eigenvalue weighted by molar-refractivity contribution is 0.168. The van der Waals surface area contributed by atoms with E-state index < -0.39 is 6.10 Å². The number of hydrogen-bond acceptors (Lipinski definition) is 3. The minimum atomic E-state index is -0.485. The van der Waals surface area contributed by atoms with E-state index >= 15 is 0 Å². The topological polar surface area (TPSA) is 60.7 Å². The predicted molar refractivity (Wildman–Crippen MR) is 89.2 cm³/mol. The first-order valence-electron chi connectivity index (χ1n) is 7.91. The highest BCUT2D eigenvalue weighted by Gasteiger charge is 2.33. The Hall–Kier alpha value is -1.74. The number of hydrogen-bond donors (Lipinski definition) is 3. The van der Waals surface area contributed by atoms with Gasteiger partial charge in [-0.15, -0.1) is 0 Å². The number of phenols is 2. The number of phenolic OH excluding ortho intramolecular Hbond substituents is 2. The molecule has 3 heteroatoms. The number of benzene rings is 1. The highest BCUT2D eigenvalue weighted by Crippen LogP contribution is 2.46. The molecule has 0 saturated carbocycles. The average molecular weight is 302 g/mol. The number of aliphatic hydroxyl groups excluding tert-OH is 1. The minimum absolute atomic E-state index is 0.00697. The molecule has 0 spiro atoms. The molecular weight excluding hydrogens is 276 g/mol. The van der Waals surface area contributed by atoms with E-state index in [4.69, 9.17) is 0 Å². The van der Waals surface area contributed by atoms with Gasteiger partial charge in [0, 0.05) is 11.5 Å². The average Bonchev–Trinajstić information content (AvgIpc) is 2.41. The molecule has 0 unspecified atom stereocenters. The van der Waals surface area contributed by atoms with Gasteiger partial charge in [0.05, 0.1) is 6.10 Å². The molecule has 120 valence electrons. The number of aromatic hydroxyl groups is 2. The third-order valence-corrected chi connectivity index (χ3v) is 4.58. The third-order valence-electron chi connectivity index (χ3n) is 4.58. The van der Waals surface area contributed by atoms with Gasteiger partial charge in [-0.25, -0.2) is 0 Å². The normalized spacial score (nSPS) is 24.9. The van der Waals surface area contributed by atoms with Crippen molar-refractivity contribution in [2.24, 2.45) is 5.92 Å². The van der Waals surface area contributed by atoms with Crippen molar-refractivity contribution in [3.8, 4) is 11.5 Å². The molecule has 0 heterocycles. The smallest absolute Gasteiger partial charge is 0.123 e. The monoisotopic (exact) mass is 302 g/mol. The van der Waals surface area contributed by atoms with Crippen LogP contribution in [0.5, 0.6) is 11.5 Å². The van der Waals surface area contributed by atoms with Crippen molar-refractivity contribution in [3.63, 3.8) is 0 Å². The number of rotatable bonds is 4. The molecule has 3 atom stereocenters. The van der Waals surface area contributed by atoms with Crippen molar-refractivity contribution in [1.82, 2.24) is 0 Å². The second-order valence-corrected chi connectivity index (χ2v) is 6.44. The van der Waals surface area contributed by atoms with E-state index in [1.807, 2.05) is 19.9 Å². The Kier molecular flexibility index (Phi) is 4.97. The van der Waals surface area contributed by atoms with Gasteiger partial charge < -0.3 is 15.3 Å². The van der Waals surface area contributed by atoms with Crippen LogP contribution in [0.3, 0.4) is 0 Å². The van der Waals surface area contributed by atoms with E-state index in [-0.39, 0.29) is 23.3 Å². The Balaban J connectivity index is 2.50. The van der Waals surface area contributed by atoms with Gasteiger partial charge in [-0.1, -0.05) is 31.6 Å². The number of allylic oxidation sites excluding steroid dienone is 2. The molecule has 0 aliphatic heterocycles. The van der Waals surface area contributed by atoms with E-state index in [0.717, 1.165) is 29.6 Å². The second kappa shape index (κ2) is 6.57. The molecule has 2 rings (SSSR count). The van der Waals surface area contributed by atoms with E-state index in [0.29, 0.717) is 12.0 Å².